The van der Waals surface area contributed by atoms with Crippen LogP contribution in [0.4, 0.5) is 0 Å². The maximum absolute atomic E-state index is 13.3. The molecule has 0 aliphatic carbocycles. The quantitative estimate of drug-likeness (QED) is 0.499. The topological polar surface area (TPSA) is 95.1 Å². The van der Waals surface area contributed by atoms with Gasteiger partial charge in [-0.15, -0.1) is 5.10 Å². The van der Waals surface area contributed by atoms with Gasteiger partial charge >= 0.3 is 0 Å². The standard InChI is InChI=1S/C23H21N5O3/c29-23(24-15-19-13-17-9-4-5-11-21(17)31-19)20(14-18-10-6-12-30-18)28-22(25-26-27-28)16-7-2-1-3-8-16/h1-12,19-20H,13-15H2,(H,24,29). The number of para-hydroxylation sites is 1. The number of tetrazole rings is 1. The van der Waals surface area contributed by atoms with E-state index < -0.39 is 6.04 Å². The van der Waals surface area contributed by atoms with E-state index in [0.29, 0.717) is 24.6 Å². The number of carbonyl (C=O) groups is 1. The van der Waals surface area contributed by atoms with Crippen molar-refractivity contribution in [2.75, 3.05) is 6.54 Å². The lowest BCUT2D eigenvalue weighted by atomic mass is 10.1. The van der Waals surface area contributed by atoms with Crippen molar-refractivity contribution < 1.29 is 13.9 Å². The zero-order chi connectivity index (χ0) is 21.0. The minimum Gasteiger partial charge on any atom is -0.488 e. The predicted octanol–water partition coefficient (Wildman–Crippen LogP) is 2.84. The highest BCUT2D eigenvalue weighted by atomic mass is 16.5. The van der Waals surface area contributed by atoms with Crippen LogP contribution in [-0.2, 0) is 17.6 Å². The molecule has 1 amide bonds. The summed E-state index contributed by atoms with van der Waals surface area (Å²) in [6.45, 7) is 0.394. The van der Waals surface area contributed by atoms with Gasteiger partial charge in [0.1, 0.15) is 23.7 Å². The summed E-state index contributed by atoms with van der Waals surface area (Å²) in [4.78, 5) is 13.3. The van der Waals surface area contributed by atoms with Gasteiger partial charge in [-0.25, -0.2) is 4.68 Å². The molecule has 2 atom stereocenters. The molecule has 0 radical (unpaired) electrons. The third-order valence-corrected chi connectivity index (χ3v) is 5.32. The van der Waals surface area contributed by atoms with Crippen LogP contribution < -0.4 is 10.1 Å². The van der Waals surface area contributed by atoms with Crippen LogP contribution in [0.25, 0.3) is 11.4 Å². The first-order valence-corrected chi connectivity index (χ1v) is 10.2. The largest absolute Gasteiger partial charge is 0.488 e. The lowest BCUT2D eigenvalue weighted by Gasteiger charge is -2.19. The summed E-state index contributed by atoms with van der Waals surface area (Å²) < 4.78 is 13.0. The molecule has 0 bridgehead atoms. The molecule has 0 saturated carbocycles. The number of hydrogen-bond donors (Lipinski definition) is 1. The minimum absolute atomic E-state index is 0.104. The first-order chi connectivity index (χ1) is 15.3. The Kier molecular flexibility index (Phi) is 5.18. The normalized spacial score (nSPS) is 15.8. The number of nitrogens with zero attached hydrogens (tertiary/aromatic N) is 4. The summed E-state index contributed by atoms with van der Waals surface area (Å²) in [7, 11) is 0. The van der Waals surface area contributed by atoms with Crippen molar-refractivity contribution in [1.82, 2.24) is 25.5 Å². The molecule has 2 aromatic carbocycles. The Morgan fingerprint density at radius 2 is 1.94 bits per heavy atom. The Balaban J connectivity index is 1.35. The van der Waals surface area contributed by atoms with E-state index in [1.165, 1.54) is 0 Å². The second-order valence-electron chi connectivity index (χ2n) is 7.41. The van der Waals surface area contributed by atoms with Crippen LogP contribution in [0.2, 0.25) is 0 Å². The first kappa shape index (κ1) is 19.0. The molecule has 2 unspecified atom stereocenters. The van der Waals surface area contributed by atoms with E-state index >= 15 is 0 Å². The van der Waals surface area contributed by atoms with Crippen LogP contribution >= 0.6 is 0 Å². The summed E-state index contributed by atoms with van der Waals surface area (Å²) in [5.74, 6) is 1.89. The van der Waals surface area contributed by atoms with Crippen molar-refractivity contribution in [2.24, 2.45) is 0 Å². The van der Waals surface area contributed by atoms with Crippen molar-refractivity contribution in [3.8, 4) is 17.1 Å². The molecule has 1 aliphatic heterocycles. The summed E-state index contributed by atoms with van der Waals surface area (Å²) in [6.07, 6.45) is 2.58. The molecule has 0 fully saturated rings. The summed E-state index contributed by atoms with van der Waals surface area (Å²) in [6, 6.07) is 20.5. The van der Waals surface area contributed by atoms with Gasteiger partial charge in [-0.2, -0.15) is 0 Å². The number of rotatable bonds is 7. The van der Waals surface area contributed by atoms with Crippen molar-refractivity contribution in [3.63, 3.8) is 0 Å². The fourth-order valence-electron chi connectivity index (χ4n) is 3.79. The number of hydrogen-bond acceptors (Lipinski definition) is 6. The number of nitrogens with one attached hydrogen (secondary N) is 1. The molecule has 4 aromatic rings. The van der Waals surface area contributed by atoms with E-state index in [9.17, 15) is 4.79 Å². The molecule has 156 valence electrons. The number of benzene rings is 2. The van der Waals surface area contributed by atoms with Crippen LogP contribution in [0.5, 0.6) is 5.75 Å². The number of furan rings is 1. The van der Waals surface area contributed by atoms with Crippen LogP contribution in [0.1, 0.15) is 17.4 Å². The molecule has 1 aliphatic rings. The Morgan fingerprint density at radius 1 is 1.10 bits per heavy atom. The van der Waals surface area contributed by atoms with Crippen molar-refractivity contribution in [1.29, 1.82) is 0 Å². The average Bonchev–Trinajstić information content (AvgIpc) is 3.56. The minimum atomic E-state index is -0.667. The van der Waals surface area contributed by atoms with Crippen molar-refractivity contribution in [3.05, 3.63) is 84.3 Å². The molecular formula is C23H21N5O3. The Bertz CT molecular complexity index is 1130. The molecule has 31 heavy (non-hydrogen) atoms. The lowest BCUT2D eigenvalue weighted by molar-refractivity contribution is -0.125. The molecule has 8 nitrogen and oxygen atoms in total. The molecule has 1 N–H and O–H groups in total. The molecule has 2 aromatic heterocycles. The van der Waals surface area contributed by atoms with Gasteiger partial charge in [0.15, 0.2) is 5.82 Å². The SMILES string of the molecule is O=C(NCC1Cc2ccccc2O1)C(Cc1ccco1)n1nnnc1-c1ccccc1. The van der Waals surface area contributed by atoms with Gasteiger partial charge in [-0.05, 0) is 34.2 Å². The summed E-state index contributed by atoms with van der Waals surface area (Å²) in [5, 5.41) is 15.1. The van der Waals surface area contributed by atoms with Gasteiger partial charge in [0.2, 0.25) is 5.91 Å². The Morgan fingerprint density at radius 3 is 2.74 bits per heavy atom. The third-order valence-electron chi connectivity index (χ3n) is 5.32. The highest BCUT2D eigenvalue weighted by molar-refractivity contribution is 5.81. The number of amides is 1. The maximum Gasteiger partial charge on any atom is 0.245 e. The second-order valence-corrected chi connectivity index (χ2v) is 7.41. The van der Waals surface area contributed by atoms with Crippen LogP contribution in [0.3, 0.4) is 0 Å². The van der Waals surface area contributed by atoms with Crippen LogP contribution in [0.15, 0.2) is 77.4 Å². The monoisotopic (exact) mass is 415 g/mol. The molecular weight excluding hydrogens is 394 g/mol. The highest BCUT2D eigenvalue weighted by Crippen LogP contribution is 2.28. The van der Waals surface area contributed by atoms with Gasteiger partial charge in [0.25, 0.3) is 0 Å². The fourth-order valence-corrected chi connectivity index (χ4v) is 3.79. The van der Waals surface area contributed by atoms with Gasteiger partial charge in [-0.1, -0.05) is 48.5 Å². The fraction of sp³-hybridized carbons (Fsp3) is 0.217. The molecule has 0 spiro atoms. The third kappa shape index (κ3) is 4.05. The van der Waals surface area contributed by atoms with E-state index in [1.54, 1.807) is 17.0 Å². The van der Waals surface area contributed by atoms with E-state index in [-0.39, 0.29) is 12.0 Å². The van der Waals surface area contributed by atoms with Crippen LogP contribution in [0, 0.1) is 0 Å². The first-order valence-electron chi connectivity index (χ1n) is 10.2. The van der Waals surface area contributed by atoms with Gasteiger partial charge in [0.05, 0.1) is 12.8 Å². The van der Waals surface area contributed by atoms with E-state index in [2.05, 4.69) is 20.8 Å². The Hall–Kier alpha value is -3.94. The zero-order valence-electron chi connectivity index (χ0n) is 16.7. The predicted molar refractivity (Wildman–Crippen MR) is 112 cm³/mol. The highest BCUT2D eigenvalue weighted by Gasteiger charge is 2.29. The van der Waals surface area contributed by atoms with Crippen LogP contribution in [-0.4, -0.2) is 38.8 Å². The average molecular weight is 415 g/mol. The number of aromatic nitrogens is 4. The Labute approximate surface area is 178 Å². The van der Waals surface area contributed by atoms with E-state index in [4.69, 9.17) is 9.15 Å². The lowest BCUT2D eigenvalue weighted by Crippen LogP contribution is -2.40. The molecule has 5 rings (SSSR count). The molecule has 8 heteroatoms. The van der Waals surface area contributed by atoms with Gasteiger partial charge in [0, 0.05) is 18.4 Å². The zero-order valence-corrected chi connectivity index (χ0v) is 16.7. The summed E-state index contributed by atoms with van der Waals surface area (Å²) >= 11 is 0. The number of fused-ring (bicyclic) bond motifs is 1. The molecule has 3 heterocycles. The van der Waals surface area contributed by atoms with Gasteiger partial charge < -0.3 is 14.5 Å². The second kappa shape index (κ2) is 8.43. The molecule has 0 saturated heterocycles. The van der Waals surface area contributed by atoms with Gasteiger partial charge in [-0.3, -0.25) is 4.79 Å². The van der Waals surface area contributed by atoms with Crippen molar-refractivity contribution in [2.45, 2.75) is 25.0 Å². The smallest absolute Gasteiger partial charge is 0.245 e. The number of carbonyl (C=O) groups excluding carboxylic acids is 1. The number of ether oxygens (including phenoxy) is 1. The van der Waals surface area contributed by atoms with Crippen molar-refractivity contribution >= 4 is 5.91 Å². The summed E-state index contributed by atoms with van der Waals surface area (Å²) in [5.41, 5.74) is 1.99. The maximum atomic E-state index is 13.3. The van der Waals surface area contributed by atoms with E-state index in [1.807, 2.05) is 60.7 Å². The van der Waals surface area contributed by atoms with E-state index in [0.717, 1.165) is 23.3 Å².